The molecule has 0 atom stereocenters. The van der Waals surface area contributed by atoms with Gasteiger partial charge in [0, 0.05) is 10.0 Å². The molecule has 298 valence electrons. The smallest absolute Gasteiger partial charge is 0.871 e. The van der Waals surface area contributed by atoms with Gasteiger partial charge in [0.05, 0.1) is 46.1 Å². The average Bonchev–Trinajstić information content (AvgIpc) is 3.62. The number of H-pyrrole nitrogens is 2. The summed E-state index contributed by atoms with van der Waals surface area (Å²) in [5.41, 5.74) is 0.481. The van der Waals surface area contributed by atoms with Gasteiger partial charge in [-0.2, -0.15) is 18.6 Å². The van der Waals surface area contributed by atoms with Crippen molar-refractivity contribution in [1.29, 1.82) is 0 Å². The number of aromatic nitrogens is 4. The molecule has 23 heteroatoms. The molecule has 0 saturated carbocycles. The molecule has 0 aliphatic carbocycles. The van der Waals surface area contributed by atoms with Gasteiger partial charge in [0.25, 0.3) is 11.1 Å². The first-order valence-electron chi connectivity index (χ1n) is 16.0. The molecule has 4 aromatic carbocycles. The molecule has 2 aromatic heterocycles. The SMILES string of the molecule is CNS(=O)(=O)c1ccc([O-])c(N=Nc2c(C)[nH]n(-c3cccc(Cl)c3)c2=O)c1.C[NH2+]S(=O)(=O)c1ccc([O-])c(N=Nc2c(C)[nH]n(-c3cccc(Cl)c3)c2=O)c1.[Co+3]. The van der Waals surface area contributed by atoms with Crippen LogP contribution in [-0.4, -0.2) is 50.5 Å². The number of nitrogens with two attached hydrogens (primary N) is 1. The third kappa shape index (κ3) is 10.1. The minimum atomic E-state index is -3.75. The summed E-state index contributed by atoms with van der Waals surface area (Å²) in [6.07, 6.45) is 0. The summed E-state index contributed by atoms with van der Waals surface area (Å²) in [5, 5.41) is 45.9. The first-order chi connectivity index (χ1) is 26.4. The minimum absolute atomic E-state index is 0. The molecule has 0 fully saturated rings. The van der Waals surface area contributed by atoms with Crippen LogP contribution in [0.2, 0.25) is 10.0 Å². The van der Waals surface area contributed by atoms with Crippen LogP contribution in [0.1, 0.15) is 11.4 Å². The van der Waals surface area contributed by atoms with E-state index in [2.05, 4.69) is 35.4 Å². The van der Waals surface area contributed by atoms with Gasteiger partial charge in [0.1, 0.15) is 4.90 Å². The predicted octanol–water partition coefficient (Wildman–Crippen LogP) is 4.02. The number of nitrogens with one attached hydrogen (secondary N) is 3. The van der Waals surface area contributed by atoms with Crippen LogP contribution in [0.15, 0.2) is 125 Å². The molecule has 0 radical (unpaired) electrons. The number of nitrogens with zero attached hydrogens (tertiary/aromatic N) is 6. The Morgan fingerprint density at radius 2 is 1.09 bits per heavy atom. The number of aryl methyl sites for hydroxylation is 2. The van der Waals surface area contributed by atoms with Crippen molar-refractivity contribution < 1.29 is 48.5 Å². The Kier molecular flexibility index (Phi) is 14.2. The van der Waals surface area contributed by atoms with Gasteiger partial charge in [0.2, 0.25) is 10.0 Å². The minimum Gasteiger partial charge on any atom is -0.871 e. The van der Waals surface area contributed by atoms with Crippen LogP contribution in [0.25, 0.3) is 11.4 Å². The molecule has 0 bridgehead atoms. The maximum atomic E-state index is 12.6. The van der Waals surface area contributed by atoms with Crippen LogP contribution in [0.3, 0.4) is 0 Å². The second-order valence-corrected chi connectivity index (χ2v) is 16.4. The van der Waals surface area contributed by atoms with Crippen molar-refractivity contribution in [3.63, 3.8) is 0 Å². The molecule has 0 saturated heterocycles. The van der Waals surface area contributed by atoms with Crippen LogP contribution < -0.4 is 30.8 Å². The maximum absolute atomic E-state index is 12.6. The Bertz CT molecular complexity index is 2660. The van der Waals surface area contributed by atoms with E-state index >= 15 is 0 Å². The molecule has 5 N–H and O–H groups in total. The Balaban J connectivity index is 0.000000248. The summed E-state index contributed by atoms with van der Waals surface area (Å²) in [5.74, 6) is -1.04. The van der Waals surface area contributed by atoms with Gasteiger partial charge in [-0.05, 0) is 81.6 Å². The van der Waals surface area contributed by atoms with Gasteiger partial charge in [-0.3, -0.25) is 19.8 Å². The van der Waals surface area contributed by atoms with Crippen molar-refractivity contribution in [3.05, 3.63) is 127 Å². The fourth-order valence-electron chi connectivity index (χ4n) is 4.86. The van der Waals surface area contributed by atoms with Crippen molar-refractivity contribution in [3.8, 4) is 22.9 Å². The number of rotatable bonds is 10. The molecule has 18 nitrogen and oxygen atoms in total. The molecular formula is C34H31Cl2CoN10O8S2+2. The van der Waals surface area contributed by atoms with E-state index in [1.54, 1.807) is 62.4 Å². The second-order valence-electron chi connectivity index (χ2n) is 11.6. The first kappa shape index (κ1) is 44.3. The van der Waals surface area contributed by atoms with Crippen LogP contribution in [0, 0.1) is 13.8 Å². The Hall–Kier alpha value is -5.39. The summed E-state index contributed by atoms with van der Waals surface area (Å²) >= 11 is 11.9. The Morgan fingerprint density at radius 1 is 0.667 bits per heavy atom. The molecule has 6 rings (SSSR count). The fraction of sp³-hybridized carbons (Fsp3) is 0.118. The van der Waals surface area contributed by atoms with Crippen LogP contribution in [0.4, 0.5) is 22.7 Å². The molecule has 0 aliphatic rings. The number of sulfonamides is 2. The van der Waals surface area contributed by atoms with E-state index in [-0.39, 0.29) is 49.3 Å². The predicted molar refractivity (Wildman–Crippen MR) is 204 cm³/mol. The number of hydrogen-bond donors (Lipinski definition) is 4. The number of primary sulfonamides is 1. The van der Waals surface area contributed by atoms with Gasteiger partial charge in [-0.15, -0.1) is 10.2 Å². The van der Waals surface area contributed by atoms with Gasteiger partial charge >= 0.3 is 26.8 Å². The number of halogens is 2. The molecule has 0 aliphatic heterocycles. The monoisotopic (exact) mass is 900 g/mol. The van der Waals surface area contributed by atoms with Crippen molar-refractivity contribution in [2.45, 2.75) is 23.6 Å². The van der Waals surface area contributed by atoms with Gasteiger partial charge < -0.3 is 10.2 Å². The van der Waals surface area contributed by atoms with Crippen molar-refractivity contribution in [2.24, 2.45) is 20.5 Å². The summed E-state index contributed by atoms with van der Waals surface area (Å²) in [6, 6.07) is 20.1. The van der Waals surface area contributed by atoms with Crippen LogP contribution in [-0.2, 0) is 36.8 Å². The van der Waals surface area contributed by atoms with E-state index in [9.17, 15) is 36.6 Å². The number of benzene rings is 4. The summed E-state index contributed by atoms with van der Waals surface area (Å²) in [7, 11) is -4.74. The zero-order valence-corrected chi connectivity index (χ0v) is 34.2. The maximum Gasteiger partial charge on any atom is 3.00 e. The average molecular weight is 902 g/mol. The van der Waals surface area contributed by atoms with Crippen molar-refractivity contribution in [2.75, 3.05) is 14.1 Å². The van der Waals surface area contributed by atoms with E-state index < -0.39 is 42.7 Å². The standard InChI is InChI=1S/2C17H16ClN5O4S.Co/c2*1-10-16(17(25)23(22-10)12-5-3-4-11(18)8-12)21-20-14-9-13(6-7-15(14)24)28(26,27)19-2;/h2*3-9,19,22,24H,1-2H3;/q;;+3/p-1. The van der Waals surface area contributed by atoms with E-state index in [1.807, 2.05) is 0 Å². The second kappa shape index (κ2) is 18.2. The first-order valence-corrected chi connectivity index (χ1v) is 19.8. The van der Waals surface area contributed by atoms with E-state index in [1.165, 1.54) is 35.6 Å². The van der Waals surface area contributed by atoms with E-state index in [4.69, 9.17) is 23.2 Å². The van der Waals surface area contributed by atoms with Gasteiger partial charge in [-0.1, -0.05) is 59.0 Å². The number of azo groups is 2. The number of quaternary nitrogens is 1. The molecule has 0 spiro atoms. The molecule has 6 aromatic rings. The molecule has 57 heavy (non-hydrogen) atoms. The molecule has 0 unspecified atom stereocenters. The Morgan fingerprint density at radius 3 is 1.49 bits per heavy atom. The molecule has 2 heterocycles. The topological polar surface area (TPSA) is 268 Å². The summed E-state index contributed by atoms with van der Waals surface area (Å²) in [6.45, 7) is 3.25. The fourth-order valence-corrected chi connectivity index (χ4v) is 6.79. The largest absolute Gasteiger partial charge is 3.00 e. The molecule has 0 amide bonds. The van der Waals surface area contributed by atoms with Crippen LogP contribution in [0.5, 0.6) is 11.5 Å². The third-order valence-electron chi connectivity index (χ3n) is 7.81. The Labute approximate surface area is 345 Å². The number of aromatic amines is 2. The van der Waals surface area contributed by atoms with Crippen LogP contribution >= 0.6 is 23.2 Å². The van der Waals surface area contributed by atoms with Crippen molar-refractivity contribution in [1.82, 2.24) is 24.3 Å². The zero-order valence-electron chi connectivity index (χ0n) is 30.0. The molecular weight excluding hydrogens is 870 g/mol. The number of hydrogen-bond acceptors (Lipinski definition) is 12. The van der Waals surface area contributed by atoms with Crippen molar-refractivity contribution >= 4 is 66.0 Å². The zero-order chi connectivity index (χ0) is 40.9. The van der Waals surface area contributed by atoms with Gasteiger partial charge in [0.15, 0.2) is 11.4 Å². The summed E-state index contributed by atoms with van der Waals surface area (Å²) in [4.78, 5) is 25.1. The normalized spacial score (nSPS) is 11.8. The van der Waals surface area contributed by atoms with Gasteiger partial charge in [-0.25, -0.2) is 27.2 Å². The quantitative estimate of drug-likeness (QED) is 0.146. The third-order valence-corrected chi connectivity index (χ3v) is 11.2. The summed E-state index contributed by atoms with van der Waals surface area (Å²) < 4.78 is 53.3. The van der Waals surface area contributed by atoms with E-state index in [0.717, 1.165) is 29.0 Å². The van der Waals surface area contributed by atoms with E-state index in [0.29, 0.717) is 32.8 Å².